The lowest BCUT2D eigenvalue weighted by atomic mass is 10.4. The van der Waals surface area contributed by atoms with Crippen LogP contribution in [0, 0.1) is 12.7 Å². The average Bonchev–Trinajstić information content (AvgIpc) is 3.24. The van der Waals surface area contributed by atoms with Crippen molar-refractivity contribution >= 4 is 10.0 Å². The lowest BCUT2D eigenvalue weighted by Gasteiger charge is -2.11. The van der Waals surface area contributed by atoms with E-state index in [0.717, 1.165) is 30.4 Å². The number of imidazole rings is 1. The predicted octanol–water partition coefficient (Wildman–Crippen LogP) is 2.19. The maximum Gasteiger partial charge on any atom is 0.240 e. The number of hydrogen-bond donors (Lipinski definition) is 1. The van der Waals surface area contributed by atoms with Crippen molar-refractivity contribution in [3.8, 4) is 0 Å². The summed E-state index contributed by atoms with van der Waals surface area (Å²) in [6.07, 6.45) is 4.10. The van der Waals surface area contributed by atoms with Crippen molar-refractivity contribution in [3.05, 3.63) is 47.8 Å². The molecule has 1 heterocycles. The summed E-state index contributed by atoms with van der Waals surface area (Å²) in [7, 11) is -3.69. The number of aromatic nitrogens is 2. The second kappa shape index (κ2) is 5.81. The molecule has 0 radical (unpaired) electrons. The zero-order chi connectivity index (χ0) is 15.7. The van der Waals surface area contributed by atoms with Gasteiger partial charge >= 0.3 is 0 Å². The molecule has 3 rings (SSSR count). The van der Waals surface area contributed by atoms with Crippen LogP contribution >= 0.6 is 0 Å². The van der Waals surface area contributed by atoms with E-state index < -0.39 is 15.8 Å². The minimum atomic E-state index is -3.69. The highest BCUT2D eigenvalue weighted by Gasteiger charge is 2.28. The minimum absolute atomic E-state index is 0.0581. The van der Waals surface area contributed by atoms with Crippen molar-refractivity contribution in [1.82, 2.24) is 14.3 Å². The van der Waals surface area contributed by atoms with Gasteiger partial charge in [-0.1, -0.05) is 6.07 Å². The first-order chi connectivity index (χ1) is 10.5. The second-order valence-corrected chi connectivity index (χ2v) is 7.31. The molecule has 1 aromatic heterocycles. The molecule has 0 aliphatic heterocycles. The molecule has 118 valence electrons. The molecule has 22 heavy (non-hydrogen) atoms. The highest BCUT2D eigenvalue weighted by molar-refractivity contribution is 7.89. The first kappa shape index (κ1) is 15.2. The Bertz CT molecular complexity index is 782. The lowest BCUT2D eigenvalue weighted by molar-refractivity contribution is 0.564. The van der Waals surface area contributed by atoms with Gasteiger partial charge in [0, 0.05) is 30.9 Å². The summed E-state index contributed by atoms with van der Waals surface area (Å²) < 4.78 is 42.0. The van der Waals surface area contributed by atoms with E-state index in [1.54, 1.807) is 0 Å². The predicted molar refractivity (Wildman–Crippen MR) is 80.5 cm³/mol. The zero-order valence-corrected chi connectivity index (χ0v) is 13.1. The monoisotopic (exact) mass is 323 g/mol. The molecule has 1 fully saturated rings. The molecular formula is C15H18FN3O2S. The summed E-state index contributed by atoms with van der Waals surface area (Å²) >= 11 is 0. The number of hydrogen-bond acceptors (Lipinski definition) is 3. The van der Waals surface area contributed by atoms with E-state index in [4.69, 9.17) is 0 Å². The SMILES string of the molecule is Cc1cnc(C2CC2)n1CCNS(=O)(=O)c1cccc(F)c1. The van der Waals surface area contributed by atoms with Gasteiger partial charge in [-0.3, -0.25) is 0 Å². The van der Waals surface area contributed by atoms with E-state index >= 15 is 0 Å². The van der Waals surface area contributed by atoms with Crippen LogP contribution < -0.4 is 4.72 Å². The van der Waals surface area contributed by atoms with E-state index in [-0.39, 0.29) is 11.4 Å². The van der Waals surface area contributed by atoms with E-state index in [1.165, 1.54) is 18.2 Å². The Labute approximate surface area is 129 Å². The number of nitrogens with zero attached hydrogens (tertiary/aromatic N) is 2. The first-order valence-corrected chi connectivity index (χ1v) is 8.73. The van der Waals surface area contributed by atoms with Gasteiger partial charge < -0.3 is 4.57 Å². The normalized spacial score (nSPS) is 15.2. The summed E-state index contributed by atoms with van der Waals surface area (Å²) in [5.74, 6) is 0.973. The molecule has 1 saturated carbocycles. The fourth-order valence-corrected chi connectivity index (χ4v) is 3.50. The third kappa shape index (κ3) is 3.20. The van der Waals surface area contributed by atoms with Crippen molar-refractivity contribution in [3.63, 3.8) is 0 Å². The second-order valence-electron chi connectivity index (χ2n) is 5.54. The molecule has 0 unspecified atom stereocenters. The number of halogens is 1. The molecule has 1 aromatic carbocycles. The van der Waals surface area contributed by atoms with Crippen LogP contribution in [-0.4, -0.2) is 24.5 Å². The fraction of sp³-hybridized carbons (Fsp3) is 0.400. The molecule has 1 N–H and O–H groups in total. The van der Waals surface area contributed by atoms with E-state index in [1.807, 2.05) is 17.7 Å². The van der Waals surface area contributed by atoms with Crippen LogP contribution in [0.2, 0.25) is 0 Å². The van der Waals surface area contributed by atoms with Gasteiger partial charge in [0.15, 0.2) is 0 Å². The molecule has 0 saturated heterocycles. The van der Waals surface area contributed by atoms with E-state index in [9.17, 15) is 12.8 Å². The van der Waals surface area contributed by atoms with Crippen molar-refractivity contribution in [2.45, 2.75) is 37.1 Å². The van der Waals surface area contributed by atoms with Crippen LogP contribution in [0.15, 0.2) is 35.4 Å². The lowest BCUT2D eigenvalue weighted by Crippen LogP contribution is -2.28. The van der Waals surface area contributed by atoms with Crippen molar-refractivity contribution < 1.29 is 12.8 Å². The average molecular weight is 323 g/mol. The third-order valence-electron chi connectivity index (χ3n) is 3.76. The molecule has 1 aliphatic carbocycles. The number of rotatable bonds is 6. The van der Waals surface area contributed by atoms with Crippen LogP contribution in [0.5, 0.6) is 0 Å². The summed E-state index contributed by atoms with van der Waals surface area (Å²) in [6, 6.07) is 4.99. The van der Waals surface area contributed by atoms with Gasteiger partial charge in [-0.15, -0.1) is 0 Å². The molecule has 0 spiro atoms. The van der Waals surface area contributed by atoms with Crippen LogP contribution in [0.3, 0.4) is 0 Å². The maximum atomic E-state index is 13.1. The Balaban J connectivity index is 1.67. The molecule has 0 amide bonds. The number of sulfonamides is 1. The van der Waals surface area contributed by atoms with Gasteiger partial charge in [0.2, 0.25) is 10.0 Å². The summed E-state index contributed by atoms with van der Waals surface area (Å²) in [6.45, 7) is 2.72. The van der Waals surface area contributed by atoms with Gasteiger partial charge in [-0.25, -0.2) is 22.5 Å². The Morgan fingerprint density at radius 2 is 2.18 bits per heavy atom. The standard InChI is InChI=1S/C15H18FN3O2S/c1-11-10-17-15(12-5-6-12)19(11)8-7-18-22(20,21)14-4-2-3-13(16)9-14/h2-4,9-10,12,18H,5-8H2,1H3. The Hall–Kier alpha value is -1.73. The van der Waals surface area contributed by atoms with Gasteiger partial charge in [0.05, 0.1) is 4.90 Å². The smallest absolute Gasteiger partial charge is 0.240 e. The number of aryl methyl sites for hydroxylation is 1. The minimum Gasteiger partial charge on any atom is -0.331 e. The highest BCUT2D eigenvalue weighted by Crippen LogP contribution is 2.39. The molecule has 2 aromatic rings. The molecule has 0 atom stereocenters. The Morgan fingerprint density at radius 1 is 1.41 bits per heavy atom. The van der Waals surface area contributed by atoms with Crippen molar-refractivity contribution in [2.24, 2.45) is 0 Å². The molecule has 5 nitrogen and oxygen atoms in total. The Morgan fingerprint density at radius 3 is 2.86 bits per heavy atom. The van der Waals surface area contributed by atoms with Gasteiger partial charge in [0.1, 0.15) is 11.6 Å². The van der Waals surface area contributed by atoms with Gasteiger partial charge in [-0.2, -0.15) is 0 Å². The van der Waals surface area contributed by atoms with Crippen LogP contribution in [0.4, 0.5) is 4.39 Å². The van der Waals surface area contributed by atoms with Gasteiger partial charge in [-0.05, 0) is 38.0 Å². The maximum absolute atomic E-state index is 13.1. The molecule has 7 heteroatoms. The largest absolute Gasteiger partial charge is 0.331 e. The topological polar surface area (TPSA) is 64.0 Å². The van der Waals surface area contributed by atoms with Crippen LogP contribution in [-0.2, 0) is 16.6 Å². The van der Waals surface area contributed by atoms with Gasteiger partial charge in [0.25, 0.3) is 0 Å². The van der Waals surface area contributed by atoms with E-state index in [2.05, 4.69) is 9.71 Å². The molecule has 1 aliphatic rings. The van der Waals surface area contributed by atoms with Crippen LogP contribution in [0.1, 0.15) is 30.3 Å². The van der Waals surface area contributed by atoms with Crippen LogP contribution in [0.25, 0.3) is 0 Å². The van der Waals surface area contributed by atoms with Crippen molar-refractivity contribution in [1.29, 1.82) is 0 Å². The fourth-order valence-electron chi connectivity index (χ4n) is 2.45. The van der Waals surface area contributed by atoms with E-state index in [0.29, 0.717) is 12.5 Å². The molecular weight excluding hydrogens is 305 g/mol. The quantitative estimate of drug-likeness (QED) is 0.886. The zero-order valence-electron chi connectivity index (χ0n) is 12.3. The summed E-state index contributed by atoms with van der Waals surface area (Å²) in [5.41, 5.74) is 1.02. The number of benzene rings is 1. The van der Waals surface area contributed by atoms with Crippen molar-refractivity contribution in [2.75, 3.05) is 6.54 Å². The first-order valence-electron chi connectivity index (χ1n) is 7.24. The summed E-state index contributed by atoms with van der Waals surface area (Å²) in [4.78, 5) is 4.34. The Kier molecular flexibility index (Phi) is 4.01. The number of nitrogens with one attached hydrogen (secondary N) is 1. The third-order valence-corrected chi connectivity index (χ3v) is 5.22. The highest BCUT2D eigenvalue weighted by atomic mass is 32.2. The summed E-state index contributed by atoms with van der Waals surface area (Å²) in [5, 5.41) is 0. The molecule has 0 bridgehead atoms.